The van der Waals surface area contributed by atoms with E-state index in [-0.39, 0.29) is 6.10 Å². The molecule has 1 saturated heterocycles. The Morgan fingerprint density at radius 1 is 1.08 bits per heavy atom. The van der Waals surface area contributed by atoms with E-state index in [1.54, 1.807) is 0 Å². The van der Waals surface area contributed by atoms with Gasteiger partial charge < -0.3 is 10.4 Å². The van der Waals surface area contributed by atoms with Crippen LogP contribution in [0.4, 0.5) is 0 Å². The monoisotopic (exact) mass is 183 g/mol. The molecule has 0 aromatic rings. The van der Waals surface area contributed by atoms with Crippen molar-refractivity contribution in [3.05, 3.63) is 0 Å². The molecular weight excluding hydrogens is 162 g/mol. The van der Waals surface area contributed by atoms with E-state index in [0.29, 0.717) is 6.04 Å². The molecule has 2 atom stereocenters. The normalized spacial score (nSPS) is 36.7. The lowest BCUT2D eigenvalue weighted by molar-refractivity contribution is 0.140. The summed E-state index contributed by atoms with van der Waals surface area (Å²) in [6.07, 6.45) is 9.13. The minimum atomic E-state index is -0.0677. The van der Waals surface area contributed by atoms with Crippen molar-refractivity contribution in [2.45, 2.75) is 57.1 Å². The van der Waals surface area contributed by atoms with Crippen LogP contribution in [0.1, 0.15) is 44.9 Å². The molecule has 1 heterocycles. The Balaban J connectivity index is 1.75. The lowest BCUT2D eigenvalue weighted by atomic mass is 9.84. The van der Waals surface area contributed by atoms with Gasteiger partial charge >= 0.3 is 0 Å². The van der Waals surface area contributed by atoms with Crippen LogP contribution in [0.15, 0.2) is 0 Å². The van der Waals surface area contributed by atoms with Crippen LogP contribution in [-0.2, 0) is 0 Å². The fraction of sp³-hybridized carbons (Fsp3) is 1.00. The molecule has 0 amide bonds. The Hall–Kier alpha value is -0.0800. The van der Waals surface area contributed by atoms with Crippen LogP contribution >= 0.6 is 0 Å². The molecule has 0 aromatic heterocycles. The van der Waals surface area contributed by atoms with Gasteiger partial charge in [0, 0.05) is 6.04 Å². The maximum Gasteiger partial charge on any atom is 0.0705 e. The summed E-state index contributed by atoms with van der Waals surface area (Å²) in [7, 11) is 0. The largest absolute Gasteiger partial charge is 0.391 e. The predicted molar refractivity (Wildman–Crippen MR) is 53.6 cm³/mol. The Morgan fingerprint density at radius 2 is 1.85 bits per heavy atom. The van der Waals surface area contributed by atoms with Gasteiger partial charge in [0.05, 0.1) is 6.10 Å². The Morgan fingerprint density at radius 3 is 2.46 bits per heavy atom. The molecule has 2 N–H and O–H groups in total. The third-order valence-corrected chi connectivity index (χ3v) is 3.62. The van der Waals surface area contributed by atoms with Gasteiger partial charge in [-0.2, -0.15) is 0 Å². The van der Waals surface area contributed by atoms with Gasteiger partial charge in [0.2, 0.25) is 0 Å². The van der Waals surface area contributed by atoms with Crippen molar-refractivity contribution >= 4 is 0 Å². The van der Waals surface area contributed by atoms with Gasteiger partial charge in [-0.25, -0.2) is 0 Å². The molecule has 2 aliphatic rings. The van der Waals surface area contributed by atoms with Gasteiger partial charge in [-0.1, -0.05) is 32.1 Å². The summed E-state index contributed by atoms with van der Waals surface area (Å²) in [5.74, 6) is 0.888. The first-order chi connectivity index (χ1) is 6.36. The molecule has 13 heavy (non-hydrogen) atoms. The number of hydrogen-bond donors (Lipinski definition) is 2. The summed E-state index contributed by atoms with van der Waals surface area (Å²) in [4.78, 5) is 0. The van der Waals surface area contributed by atoms with Crippen molar-refractivity contribution in [3.8, 4) is 0 Å². The smallest absolute Gasteiger partial charge is 0.0705 e. The summed E-state index contributed by atoms with van der Waals surface area (Å²) in [6.45, 7) is 1.01. The molecule has 0 bridgehead atoms. The van der Waals surface area contributed by atoms with E-state index in [1.807, 2.05) is 0 Å². The Kier molecular flexibility index (Phi) is 3.23. The second kappa shape index (κ2) is 4.43. The molecular formula is C11H21NO. The number of aliphatic hydroxyl groups is 1. The predicted octanol–water partition coefficient (Wildman–Crippen LogP) is 1.68. The molecule has 76 valence electrons. The third-order valence-electron chi connectivity index (χ3n) is 3.62. The average Bonchev–Trinajstić information content (AvgIpc) is 2.54. The number of aliphatic hydroxyl groups excluding tert-OH is 1. The second-order valence-corrected chi connectivity index (χ2v) is 4.66. The van der Waals surface area contributed by atoms with Crippen molar-refractivity contribution < 1.29 is 5.11 Å². The highest BCUT2D eigenvalue weighted by Gasteiger charge is 2.27. The first-order valence-corrected chi connectivity index (χ1v) is 5.78. The van der Waals surface area contributed by atoms with Gasteiger partial charge in [0.15, 0.2) is 0 Å². The zero-order valence-electron chi connectivity index (χ0n) is 8.34. The molecule has 2 fully saturated rings. The van der Waals surface area contributed by atoms with E-state index < -0.39 is 0 Å². The summed E-state index contributed by atoms with van der Waals surface area (Å²) in [5.41, 5.74) is 0. The van der Waals surface area contributed by atoms with E-state index in [0.717, 1.165) is 18.9 Å². The highest BCUT2D eigenvalue weighted by molar-refractivity contribution is 4.85. The first-order valence-electron chi connectivity index (χ1n) is 5.78. The topological polar surface area (TPSA) is 32.3 Å². The van der Waals surface area contributed by atoms with Gasteiger partial charge in [0.1, 0.15) is 0 Å². The summed E-state index contributed by atoms with van der Waals surface area (Å²) < 4.78 is 0. The lowest BCUT2D eigenvalue weighted by Crippen LogP contribution is -2.32. The maximum absolute atomic E-state index is 9.66. The van der Waals surface area contributed by atoms with E-state index in [1.165, 1.54) is 38.5 Å². The van der Waals surface area contributed by atoms with Crippen molar-refractivity contribution in [3.63, 3.8) is 0 Å². The van der Waals surface area contributed by atoms with Crippen LogP contribution in [0.5, 0.6) is 0 Å². The van der Waals surface area contributed by atoms with Crippen LogP contribution in [0.3, 0.4) is 0 Å². The SMILES string of the molecule is OC1CCNC1CC1CCCCC1. The fourth-order valence-electron chi connectivity index (χ4n) is 2.78. The minimum Gasteiger partial charge on any atom is -0.391 e. The zero-order chi connectivity index (χ0) is 9.10. The fourth-order valence-corrected chi connectivity index (χ4v) is 2.78. The molecule has 1 aliphatic heterocycles. The highest BCUT2D eigenvalue weighted by Crippen LogP contribution is 2.29. The maximum atomic E-state index is 9.66. The Bertz CT molecular complexity index is 154. The van der Waals surface area contributed by atoms with E-state index in [2.05, 4.69) is 5.32 Å². The molecule has 2 nitrogen and oxygen atoms in total. The second-order valence-electron chi connectivity index (χ2n) is 4.66. The van der Waals surface area contributed by atoms with Gasteiger partial charge in [-0.05, 0) is 25.3 Å². The lowest BCUT2D eigenvalue weighted by Gasteiger charge is -2.25. The van der Waals surface area contributed by atoms with Crippen LogP contribution in [-0.4, -0.2) is 23.8 Å². The summed E-state index contributed by atoms with van der Waals surface area (Å²) >= 11 is 0. The van der Waals surface area contributed by atoms with Crippen molar-refractivity contribution in [2.75, 3.05) is 6.54 Å². The first kappa shape index (κ1) is 9.47. The summed E-state index contributed by atoms with van der Waals surface area (Å²) in [6, 6.07) is 0.406. The molecule has 2 unspecified atom stereocenters. The third kappa shape index (κ3) is 2.44. The summed E-state index contributed by atoms with van der Waals surface area (Å²) in [5, 5.41) is 13.1. The molecule has 1 aliphatic carbocycles. The quantitative estimate of drug-likeness (QED) is 0.682. The van der Waals surface area contributed by atoms with Crippen LogP contribution in [0.2, 0.25) is 0 Å². The molecule has 0 aromatic carbocycles. The average molecular weight is 183 g/mol. The Labute approximate surface area is 80.7 Å². The standard InChI is InChI=1S/C11H21NO/c13-11-6-7-12-10(11)8-9-4-2-1-3-5-9/h9-13H,1-8H2. The number of nitrogens with one attached hydrogen (secondary N) is 1. The van der Waals surface area contributed by atoms with E-state index in [9.17, 15) is 5.11 Å². The zero-order valence-corrected chi connectivity index (χ0v) is 8.34. The van der Waals surface area contributed by atoms with Crippen LogP contribution in [0, 0.1) is 5.92 Å². The van der Waals surface area contributed by atoms with Crippen LogP contribution < -0.4 is 5.32 Å². The van der Waals surface area contributed by atoms with E-state index >= 15 is 0 Å². The number of rotatable bonds is 2. The number of hydrogen-bond acceptors (Lipinski definition) is 2. The van der Waals surface area contributed by atoms with Gasteiger partial charge in [0.25, 0.3) is 0 Å². The molecule has 0 radical (unpaired) electrons. The minimum absolute atomic E-state index is 0.0677. The van der Waals surface area contributed by atoms with Gasteiger partial charge in [-0.15, -0.1) is 0 Å². The van der Waals surface area contributed by atoms with Gasteiger partial charge in [-0.3, -0.25) is 0 Å². The molecule has 1 saturated carbocycles. The van der Waals surface area contributed by atoms with E-state index in [4.69, 9.17) is 0 Å². The molecule has 0 spiro atoms. The molecule has 2 rings (SSSR count). The van der Waals surface area contributed by atoms with Crippen LogP contribution in [0.25, 0.3) is 0 Å². The van der Waals surface area contributed by atoms with Crippen molar-refractivity contribution in [2.24, 2.45) is 5.92 Å². The van der Waals surface area contributed by atoms with Crippen molar-refractivity contribution in [1.29, 1.82) is 0 Å². The van der Waals surface area contributed by atoms with Crippen molar-refractivity contribution in [1.82, 2.24) is 5.32 Å². The molecule has 2 heteroatoms. The highest BCUT2D eigenvalue weighted by atomic mass is 16.3.